The molecule has 0 atom stereocenters. The van der Waals surface area contributed by atoms with Crippen molar-refractivity contribution in [1.82, 2.24) is 5.32 Å². The largest absolute Gasteiger partial charge is 0.335 e. The molecule has 98 valence electrons. The normalized spacial score (nSPS) is 16.3. The van der Waals surface area contributed by atoms with Gasteiger partial charge in [-0.3, -0.25) is 0 Å². The molecule has 0 unspecified atom stereocenters. The van der Waals surface area contributed by atoms with Gasteiger partial charge in [0.1, 0.15) is 5.82 Å². The Morgan fingerprint density at radius 3 is 2.72 bits per heavy atom. The minimum atomic E-state index is -0.433. The fourth-order valence-electron chi connectivity index (χ4n) is 2.18. The maximum Gasteiger partial charge on any atom is 0.319 e. The van der Waals surface area contributed by atoms with Crippen LogP contribution in [0.15, 0.2) is 22.7 Å². The Morgan fingerprint density at radius 2 is 2.00 bits per heavy atom. The monoisotopic (exact) mass is 314 g/mol. The van der Waals surface area contributed by atoms with Crippen molar-refractivity contribution >= 4 is 27.6 Å². The second-order valence-electron chi connectivity index (χ2n) is 4.56. The van der Waals surface area contributed by atoms with Crippen LogP contribution in [0.3, 0.4) is 0 Å². The summed E-state index contributed by atoms with van der Waals surface area (Å²) in [6, 6.07) is 4.35. The van der Waals surface area contributed by atoms with Gasteiger partial charge in [0.2, 0.25) is 0 Å². The van der Waals surface area contributed by atoms with Gasteiger partial charge in [0.05, 0.1) is 5.69 Å². The molecule has 18 heavy (non-hydrogen) atoms. The summed E-state index contributed by atoms with van der Waals surface area (Å²) in [5.41, 5.74) is 0.192. The summed E-state index contributed by atoms with van der Waals surface area (Å²) in [6.45, 7) is 0. The summed E-state index contributed by atoms with van der Waals surface area (Å²) in [5, 5.41) is 5.43. The van der Waals surface area contributed by atoms with E-state index in [-0.39, 0.29) is 17.8 Å². The van der Waals surface area contributed by atoms with E-state index in [2.05, 4.69) is 26.6 Å². The first kappa shape index (κ1) is 13.3. The van der Waals surface area contributed by atoms with Crippen LogP contribution >= 0.6 is 15.9 Å². The first-order valence-electron chi connectivity index (χ1n) is 6.18. The molecule has 1 saturated carbocycles. The molecule has 1 aromatic carbocycles. The van der Waals surface area contributed by atoms with E-state index >= 15 is 0 Å². The Balaban J connectivity index is 1.92. The second kappa shape index (κ2) is 6.18. The molecule has 0 aromatic heterocycles. The zero-order chi connectivity index (χ0) is 13.0. The summed E-state index contributed by atoms with van der Waals surface area (Å²) in [5.74, 6) is -0.433. The van der Waals surface area contributed by atoms with Crippen LogP contribution in [0.5, 0.6) is 0 Å². The summed E-state index contributed by atoms with van der Waals surface area (Å²) in [4.78, 5) is 11.7. The van der Waals surface area contributed by atoms with Crippen LogP contribution in [0.25, 0.3) is 0 Å². The van der Waals surface area contributed by atoms with Gasteiger partial charge in [0.25, 0.3) is 0 Å². The minimum Gasteiger partial charge on any atom is -0.335 e. The molecular formula is C13H16BrFN2O. The van der Waals surface area contributed by atoms with Crippen molar-refractivity contribution in [3.05, 3.63) is 28.5 Å². The third kappa shape index (κ3) is 3.70. The standard InChI is InChI=1S/C13H16BrFN2O/c14-9-6-7-11(15)12(8-9)17-13(18)16-10-4-2-1-3-5-10/h6-8,10H,1-5H2,(H2,16,17,18). The second-order valence-corrected chi connectivity index (χ2v) is 5.47. The molecule has 1 aliphatic carbocycles. The molecule has 0 aliphatic heterocycles. The molecule has 2 N–H and O–H groups in total. The number of carbonyl (C=O) groups excluding carboxylic acids is 1. The Morgan fingerprint density at radius 1 is 1.28 bits per heavy atom. The predicted molar refractivity (Wildman–Crippen MR) is 73.1 cm³/mol. The zero-order valence-corrected chi connectivity index (χ0v) is 11.6. The molecule has 0 radical (unpaired) electrons. The quantitative estimate of drug-likeness (QED) is 0.849. The molecule has 5 heteroatoms. The van der Waals surface area contributed by atoms with Gasteiger partial charge in [-0.05, 0) is 31.0 Å². The third-order valence-corrected chi connectivity index (χ3v) is 3.61. The van der Waals surface area contributed by atoms with Crippen LogP contribution in [0.2, 0.25) is 0 Å². The number of halogens is 2. The van der Waals surface area contributed by atoms with Gasteiger partial charge in [-0.15, -0.1) is 0 Å². The minimum absolute atomic E-state index is 0.192. The first-order chi connectivity index (χ1) is 8.65. The maximum atomic E-state index is 13.4. The van der Waals surface area contributed by atoms with Crippen LogP contribution in [-0.2, 0) is 0 Å². The molecule has 1 aliphatic rings. The van der Waals surface area contributed by atoms with Crippen molar-refractivity contribution in [2.45, 2.75) is 38.1 Å². The Bertz CT molecular complexity index is 433. The van der Waals surface area contributed by atoms with Crippen molar-refractivity contribution in [2.75, 3.05) is 5.32 Å². The van der Waals surface area contributed by atoms with E-state index in [0.717, 1.165) is 30.2 Å². The maximum absolute atomic E-state index is 13.4. The van der Waals surface area contributed by atoms with Gasteiger partial charge in [-0.1, -0.05) is 35.2 Å². The molecule has 1 fully saturated rings. The number of nitrogens with one attached hydrogen (secondary N) is 2. The fraction of sp³-hybridized carbons (Fsp3) is 0.462. The van der Waals surface area contributed by atoms with Gasteiger partial charge in [0, 0.05) is 10.5 Å². The van der Waals surface area contributed by atoms with E-state index in [1.807, 2.05) is 0 Å². The first-order valence-corrected chi connectivity index (χ1v) is 6.97. The molecule has 1 aromatic rings. The van der Waals surface area contributed by atoms with E-state index in [0.29, 0.717) is 0 Å². The number of amides is 2. The summed E-state index contributed by atoms with van der Waals surface area (Å²) in [6.07, 6.45) is 5.55. The Hall–Kier alpha value is -1.10. The lowest BCUT2D eigenvalue weighted by Gasteiger charge is -2.22. The lowest BCUT2D eigenvalue weighted by atomic mass is 9.96. The van der Waals surface area contributed by atoms with E-state index in [1.54, 1.807) is 12.1 Å². The van der Waals surface area contributed by atoms with Crippen molar-refractivity contribution < 1.29 is 9.18 Å². The van der Waals surface area contributed by atoms with Gasteiger partial charge in [-0.2, -0.15) is 0 Å². The van der Waals surface area contributed by atoms with Crippen molar-refractivity contribution in [3.63, 3.8) is 0 Å². The number of carbonyl (C=O) groups is 1. The van der Waals surface area contributed by atoms with E-state index in [9.17, 15) is 9.18 Å². The lowest BCUT2D eigenvalue weighted by Crippen LogP contribution is -2.39. The Labute approximate surface area is 114 Å². The lowest BCUT2D eigenvalue weighted by molar-refractivity contribution is 0.244. The highest BCUT2D eigenvalue weighted by atomic mass is 79.9. The number of anilines is 1. The van der Waals surface area contributed by atoms with Gasteiger partial charge in [-0.25, -0.2) is 9.18 Å². The zero-order valence-electron chi connectivity index (χ0n) is 10.0. The third-order valence-electron chi connectivity index (χ3n) is 3.12. The van der Waals surface area contributed by atoms with Gasteiger partial charge >= 0.3 is 6.03 Å². The highest BCUT2D eigenvalue weighted by Gasteiger charge is 2.16. The summed E-state index contributed by atoms with van der Waals surface area (Å²) in [7, 11) is 0. The average molecular weight is 315 g/mol. The number of urea groups is 1. The highest BCUT2D eigenvalue weighted by Crippen LogP contribution is 2.21. The van der Waals surface area contributed by atoms with E-state index < -0.39 is 5.82 Å². The van der Waals surface area contributed by atoms with E-state index in [4.69, 9.17) is 0 Å². The van der Waals surface area contributed by atoms with Gasteiger partial charge in [0.15, 0.2) is 0 Å². The smallest absolute Gasteiger partial charge is 0.319 e. The van der Waals surface area contributed by atoms with Crippen LogP contribution in [0, 0.1) is 5.82 Å². The summed E-state index contributed by atoms with van der Waals surface area (Å²) >= 11 is 3.25. The molecule has 2 rings (SSSR count). The molecule has 0 saturated heterocycles. The summed E-state index contributed by atoms with van der Waals surface area (Å²) < 4.78 is 14.2. The topological polar surface area (TPSA) is 41.1 Å². The molecule has 0 spiro atoms. The Kier molecular flexibility index (Phi) is 4.58. The number of hydrogen-bond donors (Lipinski definition) is 2. The molecule has 3 nitrogen and oxygen atoms in total. The van der Waals surface area contributed by atoms with E-state index in [1.165, 1.54) is 12.5 Å². The molecule has 0 heterocycles. The average Bonchev–Trinajstić information content (AvgIpc) is 2.35. The molecular weight excluding hydrogens is 299 g/mol. The fourth-order valence-corrected chi connectivity index (χ4v) is 2.55. The molecule has 0 bridgehead atoms. The SMILES string of the molecule is O=C(Nc1cc(Br)ccc1F)NC1CCCCC1. The van der Waals surface area contributed by atoms with Crippen molar-refractivity contribution in [1.29, 1.82) is 0 Å². The van der Waals surface area contributed by atoms with Crippen LogP contribution < -0.4 is 10.6 Å². The van der Waals surface area contributed by atoms with Crippen LogP contribution in [0.1, 0.15) is 32.1 Å². The van der Waals surface area contributed by atoms with Crippen molar-refractivity contribution in [2.24, 2.45) is 0 Å². The number of benzene rings is 1. The van der Waals surface area contributed by atoms with Crippen molar-refractivity contribution in [3.8, 4) is 0 Å². The number of rotatable bonds is 2. The predicted octanol–water partition coefficient (Wildman–Crippen LogP) is 4.04. The van der Waals surface area contributed by atoms with Crippen LogP contribution in [-0.4, -0.2) is 12.1 Å². The molecule has 2 amide bonds. The van der Waals surface area contributed by atoms with Crippen LogP contribution in [0.4, 0.5) is 14.9 Å². The van der Waals surface area contributed by atoms with Gasteiger partial charge < -0.3 is 10.6 Å². The number of hydrogen-bond acceptors (Lipinski definition) is 1. The highest BCUT2D eigenvalue weighted by molar-refractivity contribution is 9.10.